The Morgan fingerprint density at radius 2 is 1.94 bits per heavy atom. The van der Waals surface area contributed by atoms with Crippen LogP contribution >= 0.6 is 15.6 Å². The maximum atomic E-state index is 11.5. The molecule has 0 saturated carbocycles. The molecule has 0 aliphatic carbocycles. The van der Waals surface area contributed by atoms with Crippen molar-refractivity contribution in [2.24, 2.45) is 0 Å². The molecule has 0 bridgehead atoms. The Bertz CT molecular complexity index is 390. The van der Waals surface area contributed by atoms with Crippen molar-refractivity contribution in [3.8, 4) is 0 Å². The lowest BCUT2D eigenvalue weighted by molar-refractivity contribution is -0.151. The highest BCUT2D eigenvalue weighted by atomic mass is 31.2. The smallest absolute Gasteiger partial charge is 0.389 e. The van der Waals surface area contributed by atoms with E-state index in [9.17, 15) is 23.6 Å². The minimum atomic E-state index is -4.40. The van der Waals surface area contributed by atoms with Crippen LogP contribution in [0.3, 0.4) is 0 Å². The van der Waals surface area contributed by atoms with E-state index in [0.717, 1.165) is 14.2 Å². The third kappa shape index (κ3) is 2.21. The van der Waals surface area contributed by atoms with E-state index in [1.807, 2.05) is 0 Å². The highest BCUT2D eigenvalue weighted by Gasteiger charge is 2.65. The Hall–Kier alpha value is -0.650. The first kappa shape index (κ1) is 13.4. The zero-order valence-electron chi connectivity index (χ0n) is 8.35. The molecule has 10 heteroatoms. The summed E-state index contributed by atoms with van der Waals surface area (Å²) < 4.78 is 35.6. The second-order valence-corrected chi connectivity index (χ2v) is 6.39. The van der Waals surface area contributed by atoms with Crippen molar-refractivity contribution in [2.75, 3.05) is 14.2 Å². The van der Waals surface area contributed by atoms with Gasteiger partial charge < -0.3 is 14.2 Å². The first-order valence-electron chi connectivity index (χ1n) is 3.99. The van der Waals surface area contributed by atoms with Crippen LogP contribution < -0.4 is 0 Å². The van der Waals surface area contributed by atoms with Crippen LogP contribution in [0.4, 0.5) is 0 Å². The maximum Gasteiger partial charge on any atom is 0.524 e. The normalized spacial score (nSPS) is 29.8. The summed E-state index contributed by atoms with van der Waals surface area (Å²) in [5.74, 6) is -2.38. The third-order valence-corrected chi connectivity index (χ3v) is 5.30. The third-order valence-electron chi connectivity index (χ3n) is 2.00. The molecule has 1 N–H and O–H groups in total. The summed E-state index contributed by atoms with van der Waals surface area (Å²) in [5, 5.41) is 0. The molecular formula is C6H9O8P2+. The van der Waals surface area contributed by atoms with Gasteiger partial charge in [0.2, 0.25) is 5.66 Å². The second-order valence-electron chi connectivity index (χ2n) is 2.84. The molecule has 0 aromatic rings. The number of hydrogen-bond donors (Lipinski definition) is 1. The van der Waals surface area contributed by atoms with Crippen LogP contribution in [0.2, 0.25) is 0 Å². The molecule has 1 aliphatic heterocycles. The summed E-state index contributed by atoms with van der Waals surface area (Å²) in [5.41, 5.74) is -3.41. The molecule has 16 heavy (non-hydrogen) atoms. The van der Waals surface area contributed by atoms with E-state index in [4.69, 9.17) is 0 Å². The van der Waals surface area contributed by atoms with E-state index in [0.29, 0.717) is 0 Å². The SMILES string of the molecule is CO[P+](=O)C1C(=O)OC(=O)C1P(=O)(O)OC. The van der Waals surface area contributed by atoms with Crippen molar-refractivity contribution >= 4 is 27.6 Å². The van der Waals surface area contributed by atoms with Gasteiger partial charge in [0.1, 0.15) is 0 Å². The maximum absolute atomic E-state index is 11.5. The molecule has 0 aromatic carbocycles. The highest BCUT2D eigenvalue weighted by Crippen LogP contribution is 2.55. The fourth-order valence-corrected chi connectivity index (χ4v) is 3.88. The molecule has 4 unspecified atom stereocenters. The Kier molecular flexibility index (Phi) is 3.93. The van der Waals surface area contributed by atoms with Crippen LogP contribution in [0.25, 0.3) is 0 Å². The summed E-state index contributed by atoms with van der Waals surface area (Å²) in [6.07, 6.45) is 0. The first-order valence-corrected chi connectivity index (χ1v) is 6.88. The van der Waals surface area contributed by atoms with Gasteiger partial charge in [-0.3, -0.25) is 9.36 Å². The Balaban J connectivity index is 3.14. The molecule has 1 heterocycles. The van der Waals surface area contributed by atoms with Gasteiger partial charge in [-0.15, -0.1) is 4.52 Å². The first-order chi connectivity index (χ1) is 7.35. The molecule has 0 aromatic heterocycles. The molecule has 4 atom stereocenters. The Morgan fingerprint density at radius 3 is 2.38 bits per heavy atom. The van der Waals surface area contributed by atoms with Crippen molar-refractivity contribution in [3.63, 3.8) is 0 Å². The number of rotatable bonds is 4. The molecule has 0 spiro atoms. The van der Waals surface area contributed by atoms with Gasteiger partial charge in [0.25, 0.3) is 0 Å². The molecule has 1 rings (SSSR count). The van der Waals surface area contributed by atoms with Gasteiger partial charge >= 0.3 is 33.2 Å². The number of ether oxygens (including phenoxy) is 1. The predicted molar refractivity (Wildman–Crippen MR) is 50.1 cm³/mol. The van der Waals surface area contributed by atoms with Crippen LogP contribution in [-0.4, -0.2) is 42.4 Å². The van der Waals surface area contributed by atoms with Crippen molar-refractivity contribution < 1.29 is 37.4 Å². The van der Waals surface area contributed by atoms with Gasteiger partial charge in [0, 0.05) is 7.11 Å². The van der Waals surface area contributed by atoms with Gasteiger partial charge in [-0.1, -0.05) is 0 Å². The van der Waals surface area contributed by atoms with Crippen molar-refractivity contribution in [3.05, 3.63) is 0 Å². The van der Waals surface area contributed by atoms with E-state index < -0.39 is 38.9 Å². The quantitative estimate of drug-likeness (QED) is 0.432. The van der Waals surface area contributed by atoms with Gasteiger partial charge in [-0.05, 0) is 4.57 Å². The van der Waals surface area contributed by atoms with Crippen molar-refractivity contribution in [2.45, 2.75) is 11.3 Å². The number of cyclic esters (lactones) is 2. The number of carbonyl (C=O) groups excluding carboxylic acids is 2. The van der Waals surface area contributed by atoms with E-state index in [1.54, 1.807) is 0 Å². The monoisotopic (exact) mass is 271 g/mol. The van der Waals surface area contributed by atoms with E-state index in [-0.39, 0.29) is 0 Å². The molecule has 0 amide bonds. The molecular weight excluding hydrogens is 262 g/mol. The highest BCUT2D eigenvalue weighted by molar-refractivity contribution is 7.56. The van der Waals surface area contributed by atoms with Gasteiger partial charge in [-0.25, -0.2) is 4.79 Å². The summed E-state index contributed by atoms with van der Waals surface area (Å²) in [6, 6.07) is 0. The summed E-state index contributed by atoms with van der Waals surface area (Å²) in [7, 11) is -5.07. The van der Waals surface area contributed by atoms with Crippen molar-refractivity contribution in [1.82, 2.24) is 0 Å². The largest absolute Gasteiger partial charge is 0.524 e. The summed E-state index contributed by atoms with van der Waals surface area (Å²) in [4.78, 5) is 31.7. The standard InChI is InChI=1S/C6H8O8P2/c1-12-15(9)3-4(16(10,11)13-2)6(8)14-5(3)7/h3-4H,1-2H3/p+1. The molecule has 0 radical (unpaired) electrons. The molecule has 1 aliphatic rings. The zero-order valence-corrected chi connectivity index (χ0v) is 10.1. The molecule has 1 fully saturated rings. The van der Waals surface area contributed by atoms with Crippen LogP contribution in [-0.2, 0) is 32.5 Å². The molecule has 90 valence electrons. The summed E-state index contributed by atoms with van der Waals surface area (Å²) in [6.45, 7) is 0. The van der Waals surface area contributed by atoms with Crippen molar-refractivity contribution in [1.29, 1.82) is 0 Å². The molecule has 8 nitrogen and oxygen atoms in total. The number of carbonyl (C=O) groups is 2. The minimum Gasteiger partial charge on any atom is -0.389 e. The lowest BCUT2D eigenvalue weighted by Crippen LogP contribution is -2.27. The van der Waals surface area contributed by atoms with E-state index >= 15 is 0 Å². The van der Waals surface area contributed by atoms with Crippen LogP contribution in [0.15, 0.2) is 0 Å². The average Bonchev–Trinajstić information content (AvgIpc) is 2.53. The second kappa shape index (κ2) is 4.69. The Morgan fingerprint density at radius 1 is 1.38 bits per heavy atom. The lowest BCUT2D eigenvalue weighted by atomic mass is 10.3. The topological polar surface area (TPSA) is 116 Å². The average molecular weight is 271 g/mol. The van der Waals surface area contributed by atoms with Crippen LogP contribution in [0.5, 0.6) is 0 Å². The zero-order chi connectivity index (χ0) is 12.5. The number of esters is 2. The van der Waals surface area contributed by atoms with Gasteiger partial charge in [0.05, 0.1) is 7.11 Å². The minimum absolute atomic E-state index is 0.897. The van der Waals surface area contributed by atoms with Crippen LogP contribution in [0.1, 0.15) is 0 Å². The fourth-order valence-electron chi connectivity index (χ4n) is 1.22. The lowest BCUT2D eigenvalue weighted by Gasteiger charge is -2.11. The predicted octanol–water partition coefficient (Wildman–Crippen LogP) is 0.0276. The van der Waals surface area contributed by atoms with Gasteiger partial charge in [0.15, 0.2) is 0 Å². The van der Waals surface area contributed by atoms with E-state index in [1.165, 1.54) is 0 Å². The van der Waals surface area contributed by atoms with Crippen LogP contribution in [0, 0.1) is 0 Å². The fraction of sp³-hybridized carbons (Fsp3) is 0.667. The number of hydrogen-bond acceptors (Lipinski definition) is 7. The Labute approximate surface area is 91.3 Å². The van der Waals surface area contributed by atoms with E-state index in [2.05, 4.69) is 13.8 Å². The summed E-state index contributed by atoms with van der Waals surface area (Å²) >= 11 is 0. The van der Waals surface area contributed by atoms with Gasteiger partial charge in [-0.2, -0.15) is 0 Å². The molecule has 1 saturated heterocycles.